The van der Waals surface area contributed by atoms with Crippen molar-refractivity contribution < 1.29 is 27.5 Å². The minimum atomic E-state index is -3.86. The summed E-state index contributed by atoms with van der Waals surface area (Å²) < 4.78 is 32.6. The van der Waals surface area contributed by atoms with Gasteiger partial charge in [-0.3, -0.25) is 19.1 Å². The molecule has 31 heavy (non-hydrogen) atoms. The predicted molar refractivity (Wildman–Crippen MR) is 114 cm³/mol. The summed E-state index contributed by atoms with van der Waals surface area (Å²) >= 11 is 0. The minimum Gasteiger partial charge on any atom is -0.468 e. The van der Waals surface area contributed by atoms with E-state index in [1.165, 1.54) is 44.4 Å². The highest BCUT2D eigenvalue weighted by Crippen LogP contribution is 2.30. The van der Waals surface area contributed by atoms with Crippen molar-refractivity contribution in [2.24, 2.45) is 0 Å². The first-order valence-corrected chi connectivity index (χ1v) is 11.1. The Bertz CT molecular complexity index is 1110. The third-order valence-corrected chi connectivity index (χ3v) is 6.26. The zero-order valence-corrected chi connectivity index (χ0v) is 18.0. The van der Waals surface area contributed by atoms with Crippen molar-refractivity contribution in [3.63, 3.8) is 0 Å². The molecule has 1 aliphatic rings. The maximum Gasteiger partial charge on any atom is 0.325 e. The van der Waals surface area contributed by atoms with Crippen LogP contribution in [-0.2, 0) is 30.8 Å². The number of esters is 1. The largest absolute Gasteiger partial charge is 0.468 e. The molecule has 0 bridgehead atoms. The van der Waals surface area contributed by atoms with Gasteiger partial charge in [0, 0.05) is 30.4 Å². The molecule has 0 spiro atoms. The Morgan fingerprint density at radius 1 is 1.10 bits per heavy atom. The van der Waals surface area contributed by atoms with Crippen LogP contribution in [0.2, 0.25) is 0 Å². The van der Waals surface area contributed by atoms with Gasteiger partial charge in [-0.25, -0.2) is 8.42 Å². The van der Waals surface area contributed by atoms with Gasteiger partial charge in [0.05, 0.1) is 12.0 Å². The van der Waals surface area contributed by atoms with Crippen LogP contribution in [0.3, 0.4) is 0 Å². The number of nitrogens with zero attached hydrogens (tertiary/aromatic N) is 1. The number of carbonyl (C=O) groups is 3. The lowest BCUT2D eigenvalue weighted by Gasteiger charge is -2.28. The Morgan fingerprint density at radius 2 is 1.81 bits per heavy atom. The number of amides is 2. The quantitative estimate of drug-likeness (QED) is 0.653. The fourth-order valence-corrected chi connectivity index (χ4v) is 4.41. The van der Waals surface area contributed by atoms with Gasteiger partial charge in [0.25, 0.3) is 15.9 Å². The fourth-order valence-electron chi connectivity index (χ4n) is 3.30. The van der Waals surface area contributed by atoms with E-state index in [2.05, 4.69) is 14.8 Å². The van der Waals surface area contributed by atoms with Crippen LogP contribution in [0.4, 0.5) is 11.4 Å². The highest BCUT2D eigenvalue weighted by atomic mass is 32.2. The molecule has 0 radical (unpaired) electrons. The van der Waals surface area contributed by atoms with Crippen molar-refractivity contribution >= 4 is 39.2 Å². The van der Waals surface area contributed by atoms with E-state index in [0.29, 0.717) is 13.0 Å². The van der Waals surface area contributed by atoms with E-state index in [4.69, 9.17) is 0 Å². The number of ether oxygens (including phenoxy) is 1. The molecule has 2 aromatic rings. The molecule has 0 fully saturated rings. The first-order valence-electron chi connectivity index (χ1n) is 9.60. The first-order chi connectivity index (χ1) is 14.7. The van der Waals surface area contributed by atoms with E-state index in [1.807, 2.05) is 0 Å². The number of fused-ring (bicyclic) bond motifs is 1. The number of carbonyl (C=O) groups excluding carboxylic acids is 3. The lowest BCUT2D eigenvalue weighted by molar-refractivity contribution is -0.139. The first kappa shape index (κ1) is 22.3. The predicted octanol–water partition coefficient (Wildman–Crippen LogP) is 1.69. The summed E-state index contributed by atoms with van der Waals surface area (Å²) in [5.74, 6) is -1.14. The topological polar surface area (TPSA) is 122 Å². The molecule has 3 rings (SSSR count). The molecular weight excluding hydrogens is 422 g/mol. The molecule has 0 atom stereocenters. The molecule has 164 valence electrons. The van der Waals surface area contributed by atoms with E-state index < -0.39 is 21.9 Å². The number of hydrogen-bond donors (Lipinski definition) is 2. The molecule has 0 aromatic heterocycles. The van der Waals surface area contributed by atoms with Crippen molar-refractivity contribution in [1.29, 1.82) is 0 Å². The Morgan fingerprint density at radius 3 is 2.45 bits per heavy atom. The van der Waals surface area contributed by atoms with Gasteiger partial charge in [0.2, 0.25) is 5.91 Å². The van der Waals surface area contributed by atoms with Gasteiger partial charge in [-0.1, -0.05) is 0 Å². The number of hydrogen-bond acceptors (Lipinski definition) is 6. The van der Waals surface area contributed by atoms with Gasteiger partial charge in [0.15, 0.2) is 0 Å². The van der Waals surface area contributed by atoms with Crippen LogP contribution in [0.5, 0.6) is 0 Å². The average molecular weight is 445 g/mol. The van der Waals surface area contributed by atoms with E-state index in [0.717, 1.165) is 17.7 Å². The molecule has 2 aromatic carbocycles. The molecular formula is C21H23N3O6S. The van der Waals surface area contributed by atoms with Crippen molar-refractivity contribution in [2.45, 2.75) is 24.7 Å². The number of methoxy groups -OCH3 is 1. The number of aryl methyl sites for hydroxylation is 1. The molecule has 1 heterocycles. The SMILES string of the molecule is COC(=O)CNC(=O)c1ccc(NS(=O)(=O)c2ccc3c(c2)CCCN3C(C)=O)cc1. The number of nitrogens with one attached hydrogen (secondary N) is 2. The van der Waals surface area contributed by atoms with Gasteiger partial charge >= 0.3 is 5.97 Å². The van der Waals surface area contributed by atoms with Crippen molar-refractivity contribution in [1.82, 2.24) is 5.32 Å². The maximum absolute atomic E-state index is 12.8. The summed E-state index contributed by atoms with van der Waals surface area (Å²) in [6, 6.07) is 10.5. The van der Waals surface area contributed by atoms with Gasteiger partial charge in [0.1, 0.15) is 6.54 Å². The van der Waals surface area contributed by atoms with Gasteiger partial charge < -0.3 is 15.0 Å². The number of rotatable bonds is 6. The van der Waals surface area contributed by atoms with E-state index in [1.54, 1.807) is 17.0 Å². The molecule has 0 saturated carbocycles. The Kier molecular flexibility index (Phi) is 6.59. The number of benzene rings is 2. The fraction of sp³-hybridized carbons (Fsp3) is 0.286. The third-order valence-electron chi connectivity index (χ3n) is 4.88. The second-order valence-electron chi connectivity index (χ2n) is 7.01. The van der Waals surface area contributed by atoms with Crippen LogP contribution in [0.15, 0.2) is 47.4 Å². The second kappa shape index (κ2) is 9.17. The third kappa shape index (κ3) is 5.21. The normalized spacial score (nSPS) is 13.2. The average Bonchev–Trinajstić information content (AvgIpc) is 2.76. The highest BCUT2D eigenvalue weighted by molar-refractivity contribution is 7.92. The molecule has 1 aliphatic heterocycles. The van der Waals surface area contributed by atoms with Gasteiger partial charge in [-0.15, -0.1) is 0 Å². The second-order valence-corrected chi connectivity index (χ2v) is 8.69. The van der Waals surface area contributed by atoms with Crippen LogP contribution >= 0.6 is 0 Å². The summed E-state index contributed by atoms with van der Waals surface area (Å²) in [7, 11) is -2.64. The van der Waals surface area contributed by atoms with E-state index in [9.17, 15) is 22.8 Å². The molecule has 0 saturated heterocycles. The Balaban J connectivity index is 1.73. The number of sulfonamides is 1. The van der Waals surface area contributed by atoms with Gasteiger partial charge in [-0.2, -0.15) is 0 Å². The molecule has 10 heteroatoms. The molecule has 0 unspecified atom stereocenters. The van der Waals surface area contributed by atoms with Crippen LogP contribution in [-0.4, -0.2) is 46.4 Å². The summed E-state index contributed by atoms with van der Waals surface area (Å²) in [5, 5.41) is 2.40. The summed E-state index contributed by atoms with van der Waals surface area (Å²) in [5.41, 5.74) is 2.10. The summed E-state index contributed by atoms with van der Waals surface area (Å²) in [4.78, 5) is 36.6. The lowest BCUT2D eigenvalue weighted by Crippen LogP contribution is -2.33. The maximum atomic E-state index is 12.8. The van der Waals surface area contributed by atoms with Crippen molar-refractivity contribution in [3.8, 4) is 0 Å². The standard InChI is InChI=1S/C21H23N3O6S/c1-14(25)24-11-3-4-16-12-18(9-10-19(16)24)31(28,29)23-17-7-5-15(6-8-17)21(27)22-13-20(26)30-2/h5-10,12,23H,3-4,11,13H2,1-2H3,(H,22,27). The van der Waals surface area contributed by atoms with E-state index >= 15 is 0 Å². The van der Waals surface area contributed by atoms with Crippen molar-refractivity contribution in [3.05, 3.63) is 53.6 Å². The lowest BCUT2D eigenvalue weighted by atomic mass is 10.0. The minimum absolute atomic E-state index is 0.0783. The summed E-state index contributed by atoms with van der Waals surface area (Å²) in [6.07, 6.45) is 1.46. The highest BCUT2D eigenvalue weighted by Gasteiger charge is 2.23. The van der Waals surface area contributed by atoms with Gasteiger partial charge in [-0.05, 0) is 60.9 Å². The van der Waals surface area contributed by atoms with Crippen LogP contribution in [0, 0.1) is 0 Å². The van der Waals surface area contributed by atoms with Crippen molar-refractivity contribution in [2.75, 3.05) is 29.8 Å². The summed E-state index contributed by atoms with van der Waals surface area (Å²) in [6.45, 7) is 1.84. The molecule has 2 N–H and O–H groups in total. The monoisotopic (exact) mass is 445 g/mol. The van der Waals surface area contributed by atoms with Crippen LogP contribution in [0.25, 0.3) is 0 Å². The smallest absolute Gasteiger partial charge is 0.325 e. The molecule has 9 nitrogen and oxygen atoms in total. The Hall–Kier alpha value is -3.40. The zero-order chi connectivity index (χ0) is 22.6. The van der Waals surface area contributed by atoms with Crippen LogP contribution in [0.1, 0.15) is 29.3 Å². The van der Waals surface area contributed by atoms with Crippen LogP contribution < -0.4 is 14.9 Å². The van der Waals surface area contributed by atoms with E-state index in [-0.39, 0.29) is 28.6 Å². The number of anilines is 2. The molecule has 0 aliphatic carbocycles. The zero-order valence-electron chi connectivity index (χ0n) is 17.2. The Labute approximate surface area is 180 Å². The molecule has 2 amide bonds.